The second kappa shape index (κ2) is 5.73. The molecule has 2 heterocycles. The molecule has 1 fully saturated rings. The maximum atomic E-state index is 12.0. The number of nitrogens with zero attached hydrogens (tertiary/aromatic N) is 1. The summed E-state index contributed by atoms with van der Waals surface area (Å²) in [5.74, 6) is -0.129. The number of rotatable bonds is 3. The quantitative estimate of drug-likeness (QED) is 0.909. The van der Waals surface area contributed by atoms with Crippen LogP contribution >= 0.6 is 0 Å². The number of hydrogen-bond donors (Lipinski definition) is 1. The number of benzene rings is 1. The maximum Gasteiger partial charge on any atom is 0.414 e. The highest BCUT2D eigenvalue weighted by atomic mass is 16.6. The van der Waals surface area contributed by atoms with Crippen LogP contribution in [0.5, 0.6) is 0 Å². The third kappa shape index (κ3) is 3.00. The van der Waals surface area contributed by atoms with Crippen LogP contribution in [-0.4, -0.2) is 37.8 Å². The molecule has 6 nitrogen and oxygen atoms in total. The van der Waals surface area contributed by atoms with E-state index in [1.807, 2.05) is 18.2 Å². The lowest BCUT2D eigenvalue weighted by molar-refractivity contribution is -0.119. The minimum Gasteiger partial charge on any atom is -0.442 e. The fourth-order valence-electron chi connectivity index (χ4n) is 2.62. The number of amides is 2. The van der Waals surface area contributed by atoms with Crippen LogP contribution in [0.25, 0.3) is 0 Å². The van der Waals surface area contributed by atoms with E-state index in [0.717, 1.165) is 24.3 Å². The van der Waals surface area contributed by atoms with Crippen molar-refractivity contribution in [1.82, 2.24) is 5.32 Å². The van der Waals surface area contributed by atoms with Crippen molar-refractivity contribution < 1.29 is 19.1 Å². The van der Waals surface area contributed by atoms with E-state index >= 15 is 0 Å². The molecule has 0 aliphatic carbocycles. The lowest BCUT2D eigenvalue weighted by atomic mass is 10.0. The average molecular weight is 290 g/mol. The molecular weight excluding hydrogens is 272 g/mol. The molecule has 1 N–H and O–H groups in total. The number of carbonyl (C=O) groups excluding carboxylic acids is 2. The topological polar surface area (TPSA) is 67.9 Å². The summed E-state index contributed by atoms with van der Waals surface area (Å²) in [6, 6.07) is 5.96. The average Bonchev–Trinajstić information content (AvgIpc) is 2.86. The van der Waals surface area contributed by atoms with Crippen molar-refractivity contribution in [2.75, 3.05) is 24.6 Å². The smallest absolute Gasteiger partial charge is 0.414 e. The SMILES string of the molecule is CC(=O)NC[C@H]1CN(c2ccc3c(c2)COCC3)C(=O)O1. The molecule has 0 aromatic heterocycles. The normalized spacial score (nSPS) is 20.9. The second-order valence-electron chi connectivity index (χ2n) is 5.31. The van der Waals surface area contributed by atoms with Crippen molar-refractivity contribution in [3.05, 3.63) is 29.3 Å². The van der Waals surface area contributed by atoms with E-state index in [2.05, 4.69) is 5.32 Å². The molecule has 6 heteroatoms. The molecule has 2 aliphatic heterocycles. The van der Waals surface area contributed by atoms with E-state index in [1.54, 1.807) is 4.90 Å². The Morgan fingerprint density at radius 2 is 2.29 bits per heavy atom. The summed E-state index contributed by atoms with van der Waals surface area (Å²) in [7, 11) is 0. The molecule has 2 aliphatic rings. The Bertz CT molecular complexity index is 573. The van der Waals surface area contributed by atoms with E-state index in [4.69, 9.17) is 9.47 Å². The van der Waals surface area contributed by atoms with Gasteiger partial charge in [-0.25, -0.2) is 4.79 Å². The van der Waals surface area contributed by atoms with Gasteiger partial charge in [0.2, 0.25) is 5.91 Å². The molecule has 0 spiro atoms. The van der Waals surface area contributed by atoms with Gasteiger partial charge in [0, 0.05) is 12.6 Å². The van der Waals surface area contributed by atoms with Crippen LogP contribution in [0.2, 0.25) is 0 Å². The molecule has 1 atom stereocenters. The predicted molar refractivity (Wildman–Crippen MR) is 76.1 cm³/mol. The Kier molecular flexibility index (Phi) is 3.79. The first kappa shape index (κ1) is 13.9. The van der Waals surface area contributed by atoms with Crippen LogP contribution in [0.15, 0.2) is 18.2 Å². The van der Waals surface area contributed by atoms with Crippen LogP contribution in [0.3, 0.4) is 0 Å². The summed E-state index contributed by atoms with van der Waals surface area (Å²) in [6.45, 7) is 3.56. The lowest BCUT2D eigenvalue weighted by Gasteiger charge is -2.20. The zero-order valence-corrected chi connectivity index (χ0v) is 11.9. The van der Waals surface area contributed by atoms with Crippen LogP contribution in [0, 0.1) is 0 Å². The van der Waals surface area contributed by atoms with Gasteiger partial charge in [0.15, 0.2) is 0 Å². The monoisotopic (exact) mass is 290 g/mol. The largest absolute Gasteiger partial charge is 0.442 e. The summed E-state index contributed by atoms with van der Waals surface area (Å²) in [4.78, 5) is 24.5. The van der Waals surface area contributed by atoms with Gasteiger partial charge in [0.05, 0.1) is 26.3 Å². The van der Waals surface area contributed by atoms with Crippen molar-refractivity contribution in [2.24, 2.45) is 0 Å². The number of hydrogen-bond acceptors (Lipinski definition) is 4. The molecule has 0 radical (unpaired) electrons. The van der Waals surface area contributed by atoms with E-state index in [1.165, 1.54) is 12.5 Å². The Morgan fingerprint density at radius 1 is 1.43 bits per heavy atom. The van der Waals surface area contributed by atoms with Gasteiger partial charge in [-0.3, -0.25) is 9.69 Å². The number of carbonyl (C=O) groups is 2. The van der Waals surface area contributed by atoms with Crippen molar-refractivity contribution in [3.63, 3.8) is 0 Å². The zero-order chi connectivity index (χ0) is 14.8. The van der Waals surface area contributed by atoms with E-state index < -0.39 is 0 Å². The van der Waals surface area contributed by atoms with Gasteiger partial charge < -0.3 is 14.8 Å². The molecule has 1 aromatic rings. The molecule has 112 valence electrons. The highest BCUT2D eigenvalue weighted by Crippen LogP contribution is 2.26. The van der Waals surface area contributed by atoms with Gasteiger partial charge in [0.1, 0.15) is 6.10 Å². The first-order valence-electron chi connectivity index (χ1n) is 7.05. The number of anilines is 1. The Morgan fingerprint density at radius 3 is 3.10 bits per heavy atom. The van der Waals surface area contributed by atoms with Crippen molar-refractivity contribution in [2.45, 2.75) is 26.1 Å². The fourth-order valence-corrected chi connectivity index (χ4v) is 2.62. The van der Waals surface area contributed by atoms with Crippen LogP contribution in [-0.2, 0) is 27.3 Å². The van der Waals surface area contributed by atoms with Crippen molar-refractivity contribution in [3.8, 4) is 0 Å². The van der Waals surface area contributed by atoms with Crippen LogP contribution in [0.4, 0.5) is 10.5 Å². The fraction of sp³-hybridized carbons (Fsp3) is 0.467. The molecule has 2 amide bonds. The van der Waals surface area contributed by atoms with Gasteiger partial charge in [-0.15, -0.1) is 0 Å². The minimum atomic E-state index is -0.373. The molecule has 0 unspecified atom stereocenters. The predicted octanol–water partition coefficient (Wildman–Crippen LogP) is 1.22. The van der Waals surface area contributed by atoms with Crippen LogP contribution in [0.1, 0.15) is 18.1 Å². The highest BCUT2D eigenvalue weighted by Gasteiger charge is 2.32. The van der Waals surface area contributed by atoms with Crippen LogP contribution < -0.4 is 10.2 Å². The number of fused-ring (bicyclic) bond motifs is 1. The lowest BCUT2D eigenvalue weighted by Crippen LogP contribution is -2.33. The van der Waals surface area contributed by atoms with Gasteiger partial charge >= 0.3 is 6.09 Å². The Balaban J connectivity index is 1.72. The molecule has 0 bridgehead atoms. The zero-order valence-electron chi connectivity index (χ0n) is 11.9. The highest BCUT2D eigenvalue weighted by molar-refractivity contribution is 5.90. The molecule has 1 aromatic carbocycles. The minimum absolute atomic E-state index is 0.129. The van der Waals surface area contributed by atoms with Crippen molar-refractivity contribution >= 4 is 17.7 Å². The van der Waals surface area contributed by atoms with Gasteiger partial charge in [0.25, 0.3) is 0 Å². The Labute approximate surface area is 123 Å². The van der Waals surface area contributed by atoms with Gasteiger partial charge in [-0.2, -0.15) is 0 Å². The van der Waals surface area contributed by atoms with E-state index in [9.17, 15) is 9.59 Å². The van der Waals surface area contributed by atoms with E-state index in [-0.39, 0.29) is 18.1 Å². The first-order valence-corrected chi connectivity index (χ1v) is 7.05. The second-order valence-corrected chi connectivity index (χ2v) is 5.31. The molecule has 21 heavy (non-hydrogen) atoms. The number of cyclic esters (lactones) is 1. The summed E-state index contributed by atoms with van der Waals surface area (Å²) in [6.07, 6.45) is 0.223. The van der Waals surface area contributed by atoms with Gasteiger partial charge in [-0.1, -0.05) is 6.07 Å². The van der Waals surface area contributed by atoms with E-state index in [0.29, 0.717) is 19.7 Å². The molecular formula is C15H18N2O4. The molecule has 0 saturated carbocycles. The third-order valence-corrected chi connectivity index (χ3v) is 3.73. The summed E-state index contributed by atoms with van der Waals surface area (Å²) in [5.41, 5.74) is 3.21. The summed E-state index contributed by atoms with van der Waals surface area (Å²) in [5, 5.41) is 2.67. The van der Waals surface area contributed by atoms with Gasteiger partial charge in [-0.05, 0) is 29.7 Å². The summed E-state index contributed by atoms with van der Waals surface area (Å²) >= 11 is 0. The third-order valence-electron chi connectivity index (χ3n) is 3.73. The maximum absolute atomic E-state index is 12.0. The molecule has 3 rings (SSSR count). The molecule has 1 saturated heterocycles. The summed E-state index contributed by atoms with van der Waals surface area (Å²) < 4.78 is 10.7. The first-order chi connectivity index (χ1) is 10.1. The standard InChI is InChI=1S/C15H18N2O4/c1-10(18)16-7-14-8-17(15(19)21-14)13-3-2-11-4-5-20-9-12(11)6-13/h2-3,6,14H,4-5,7-9H2,1H3,(H,16,18)/t14-/m0/s1. The van der Waals surface area contributed by atoms with Crippen molar-refractivity contribution in [1.29, 1.82) is 0 Å². The Hall–Kier alpha value is -2.08. The number of nitrogens with one attached hydrogen (secondary N) is 1. The number of ether oxygens (including phenoxy) is 2.